The number of hydrogen-bond donors (Lipinski definition) is 1. The van der Waals surface area contributed by atoms with Gasteiger partial charge in [-0.3, -0.25) is 0 Å². The second kappa shape index (κ2) is 4.43. The molecule has 0 aliphatic heterocycles. The molecule has 0 saturated carbocycles. The van der Waals surface area contributed by atoms with Crippen LogP contribution in [0.5, 0.6) is 5.75 Å². The molecule has 0 unspecified atom stereocenters. The molecule has 1 N–H and O–H groups in total. The summed E-state index contributed by atoms with van der Waals surface area (Å²) in [6.45, 7) is 2.07. The van der Waals surface area contributed by atoms with Gasteiger partial charge in [0.25, 0.3) is 0 Å². The van der Waals surface area contributed by atoms with Crippen molar-refractivity contribution in [1.29, 1.82) is 0 Å². The number of rotatable bonds is 2. The Morgan fingerprint density at radius 2 is 2.31 bits per heavy atom. The van der Waals surface area contributed by atoms with E-state index in [0.717, 1.165) is 14.6 Å². The van der Waals surface area contributed by atoms with Gasteiger partial charge in [-0.1, -0.05) is 0 Å². The second-order valence-electron chi connectivity index (χ2n) is 3.17. The maximum atomic E-state index is 11.5. The van der Waals surface area contributed by atoms with Crippen LogP contribution in [0.1, 0.15) is 17.3 Å². The molecule has 0 spiro atoms. The Morgan fingerprint density at radius 3 is 3.00 bits per heavy atom. The van der Waals surface area contributed by atoms with Gasteiger partial charge in [-0.25, -0.2) is 4.79 Å². The molecule has 3 nitrogen and oxygen atoms in total. The number of halogens is 1. The van der Waals surface area contributed by atoms with Crippen LogP contribution in [0.3, 0.4) is 0 Å². The van der Waals surface area contributed by atoms with E-state index in [1.165, 1.54) is 17.4 Å². The van der Waals surface area contributed by atoms with Crippen LogP contribution in [0.25, 0.3) is 10.1 Å². The first kappa shape index (κ1) is 11.4. The van der Waals surface area contributed by atoms with Gasteiger partial charge in [-0.2, -0.15) is 0 Å². The quantitative estimate of drug-likeness (QED) is 0.863. The lowest BCUT2D eigenvalue weighted by Crippen LogP contribution is -2.04. The highest BCUT2D eigenvalue weighted by atomic mass is 79.9. The Kier molecular flexibility index (Phi) is 3.16. The number of fused-ring (bicyclic) bond motifs is 1. The third-order valence-corrected chi connectivity index (χ3v) is 3.98. The molecule has 0 atom stereocenters. The average Bonchev–Trinajstić information content (AvgIpc) is 2.61. The molecule has 0 fully saturated rings. The van der Waals surface area contributed by atoms with E-state index in [4.69, 9.17) is 4.74 Å². The predicted octanol–water partition coefficient (Wildman–Crippen LogP) is 3.55. The lowest BCUT2D eigenvalue weighted by atomic mass is 10.1. The molecule has 2 aromatic rings. The molecule has 1 aromatic carbocycles. The number of benzene rings is 1. The topological polar surface area (TPSA) is 46.5 Å². The fourth-order valence-corrected chi connectivity index (χ4v) is 3.14. The molecule has 0 radical (unpaired) electrons. The molecule has 0 saturated heterocycles. The first-order valence-electron chi connectivity index (χ1n) is 4.70. The van der Waals surface area contributed by atoms with Crippen LogP contribution in [0.15, 0.2) is 22.0 Å². The summed E-state index contributed by atoms with van der Waals surface area (Å²) in [5, 5.41) is 12.4. The molecule has 1 heterocycles. The van der Waals surface area contributed by atoms with Crippen molar-refractivity contribution in [3.8, 4) is 5.75 Å². The summed E-state index contributed by atoms with van der Waals surface area (Å²) in [5.74, 6) is -0.321. The van der Waals surface area contributed by atoms with E-state index >= 15 is 0 Å². The van der Waals surface area contributed by atoms with Crippen LogP contribution in [-0.2, 0) is 4.74 Å². The second-order valence-corrected chi connectivity index (χ2v) is 4.94. The monoisotopic (exact) mass is 300 g/mol. The van der Waals surface area contributed by atoms with E-state index in [1.54, 1.807) is 13.0 Å². The van der Waals surface area contributed by atoms with E-state index in [0.29, 0.717) is 12.2 Å². The maximum Gasteiger partial charge on any atom is 0.338 e. The van der Waals surface area contributed by atoms with Gasteiger partial charge in [-0.05, 0) is 35.0 Å². The summed E-state index contributed by atoms with van der Waals surface area (Å²) >= 11 is 4.81. The zero-order valence-electron chi connectivity index (χ0n) is 8.49. The summed E-state index contributed by atoms with van der Waals surface area (Å²) in [6, 6.07) is 3.15. The van der Waals surface area contributed by atoms with Gasteiger partial charge in [-0.15, -0.1) is 11.3 Å². The Morgan fingerprint density at radius 1 is 1.56 bits per heavy atom. The van der Waals surface area contributed by atoms with Gasteiger partial charge < -0.3 is 9.84 Å². The maximum absolute atomic E-state index is 11.5. The van der Waals surface area contributed by atoms with Crippen LogP contribution in [0.4, 0.5) is 0 Å². The molecule has 5 heteroatoms. The van der Waals surface area contributed by atoms with Crippen LogP contribution >= 0.6 is 27.3 Å². The van der Waals surface area contributed by atoms with Crippen LogP contribution in [0.2, 0.25) is 0 Å². The van der Waals surface area contributed by atoms with Crippen molar-refractivity contribution >= 4 is 43.3 Å². The Balaban J connectivity index is 2.54. The minimum Gasteiger partial charge on any atom is -0.507 e. The number of esters is 1. The first-order chi connectivity index (χ1) is 7.63. The van der Waals surface area contributed by atoms with Crippen molar-refractivity contribution in [3.63, 3.8) is 0 Å². The lowest BCUT2D eigenvalue weighted by molar-refractivity contribution is 0.0526. The molecular formula is C11H9BrO3S. The van der Waals surface area contributed by atoms with Gasteiger partial charge in [0.1, 0.15) is 5.75 Å². The number of hydrogen-bond acceptors (Lipinski definition) is 4. The van der Waals surface area contributed by atoms with Gasteiger partial charge >= 0.3 is 5.97 Å². The highest BCUT2D eigenvalue weighted by Gasteiger charge is 2.13. The highest BCUT2D eigenvalue weighted by molar-refractivity contribution is 9.10. The summed E-state index contributed by atoms with van der Waals surface area (Å²) in [6.07, 6.45) is 0. The minimum atomic E-state index is -0.413. The molecule has 1 aromatic heterocycles. The van der Waals surface area contributed by atoms with Gasteiger partial charge in [0, 0.05) is 19.9 Å². The van der Waals surface area contributed by atoms with E-state index in [2.05, 4.69) is 15.9 Å². The van der Waals surface area contributed by atoms with Crippen molar-refractivity contribution in [2.75, 3.05) is 6.61 Å². The standard InChI is InChI=1S/C11H9BrO3S/c1-2-15-11(14)6-3-8(13)10-7(12)5-16-9(10)4-6/h3-5,13H,2H2,1H3. The molecule has 0 aliphatic rings. The molecule has 0 aliphatic carbocycles. The Labute approximate surface area is 105 Å². The van der Waals surface area contributed by atoms with Crippen LogP contribution in [-0.4, -0.2) is 17.7 Å². The molecule has 0 amide bonds. The summed E-state index contributed by atoms with van der Waals surface area (Å²) in [4.78, 5) is 11.5. The van der Waals surface area contributed by atoms with E-state index in [9.17, 15) is 9.90 Å². The SMILES string of the molecule is CCOC(=O)c1cc(O)c2c(Br)csc2c1. The first-order valence-corrected chi connectivity index (χ1v) is 6.37. The zero-order valence-corrected chi connectivity index (χ0v) is 10.9. The largest absolute Gasteiger partial charge is 0.507 e. The number of carbonyl (C=O) groups excluding carboxylic acids is 1. The number of thiophene rings is 1. The molecule has 2 rings (SSSR count). The minimum absolute atomic E-state index is 0.0914. The van der Waals surface area contributed by atoms with Gasteiger partial charge in [0.2, 0.25) is 0 Å². The van der Waals surface area contributed by atoms with Gasteiger partial charge in [0.05, 0.1) is 12.2 Å². The summed E-state index contributed by atoms with van der Waals surface area (Å²) in [5.41, 5.74) is 0.376. The number of carbonyl (C=O) groups is 1. The number of phenolic OH excluding ortho intramolecular Hbond substituents is 1. The Hall–Kier alpha value is -1.07. The predicted molar refractivity (Wildman–Crippen MR) is 67.1 cm³/mol. The number of phenols is 1. The van der Waals surface area contributed by atoms with E-state index in [1.807, 2.05) is 5.38 Å². The van der Waals surface area contributed by atoms with E-state index in [-0.39, 0.29) is 5.75 Å². The van der Waals surface area contributed by atoms with Crippen molar-refractivity contribution in [1.82, 2.24) is 0 Å². The number of aromatic hydroxyl groups is 1. The lowest BCUT2D eigenvalue weighted by Gasteiger charge is -2.03. The molecule has 0 bridgehead atoms. The molecular weight excluding hydrogens is 292 g/mol. The third kappa shape index (κ3) is 1.92. The van der Waals surface area contributed by atoms with Crippen molar-refractivity contribution in [2.24, 2.45) is 0 Å². The van der Waals surface area contributed by atoms with Crippen molar-refractivity contribution < 1.29 is 14.6 Å². The van der Waals surface area contributed by atoms with E-state index < -0.39 is 5.97 Å². The van der Waals surface area contributed by atoms with Crippen LogP contribution in [0, 0.1) is 0 Å². The molecule has 16 heavy (non-hydrogen) atoms. The third-order valence-electron chi connectivity index (χ3n) is 2.12. The Bertz CT molecular complexity index is 547. The summed E-state index contributed by atoms with van der Waals surface area (Å²) in [7, 11) is 0. The fourth-order valence-electron chi connectivity index (χ4n) is 1.44. The fraction of sp³-hybridized carbons (Fsp3) is 0.182. The number of ether oxygens (including phenoxy) is 1. The van der Waals surface area contributed by atoms with Gasteiger partial charge in [0.15, 0.2) is 0 Å². The smallest absolute Gasteiger partial charge is 0.338 e. The van der Waals surface area contributed by atoms with Crippen molar-refractivity contribution in [2.45, 2.75) is 6.92 Å². The zero-order chi connectivity index (χ0) is 11.7. The van der Waals surface area contributed by atoms with Crippen molar-refractivity contribution in [3.05, 3.63) is 27.5 Å². The molecule has 84 valence electrons. The highest BCUT2D eigenvalue weighted by Crippen LogP contribution is 2.37. The summed E-state index contributed by atoms with van der Waals surface area (Å²) < 4.78 is 6.57. The van der Waals surface area contributed by atoms with Crippen LogP contribution < -0.4 is 0 Å². The normalized spacial score (nSPS) is 10.6. The average molecular weight is 301 g/mol.